The van der Waals surface area contributed by atoms with Gasteiger partial charge in [-0.2, -0.15) is 0 Å². The lowest BCUT2D eigenvalue weighted by atomic mass is 10.1. The number of nitrogens with one attached hydrogen (secondary N) is 1. The van der Waals surface area contributed by atoms with Crippen molar-refractivity contribution in [3.05, 3.63) is 58.1 Å². The average molecular weight is 429 g/mol. The second-order valence-electron chi connectivity index (χ2n) is 7.49. The quantitative estimate of drug-likeness (QED) is 0.664. The number of halogens is 1. The van der Waals surface area contributed by atoms with Crippen molar-refractivity contribution in [2.24, 2.45) is 0 Å². The largest absolute Gasteiger partial charge is 0.351 e. The molecule has 1 aliphatic rings. The number of carbonyl (C=O) groups is 1. The Labute approximate surface area is 180 Å². The van der Waals surface area contributed by atoms with E-state index in [1.165, 1.54) is 0 Å². The number of amides is 1. The molecule has 7 heteroatoms. The zero-order chi connectivity index (χ0) is 20.4. The molecule has 0 radical (unpaired) electrons. The number of nitrogens with zero attached hydrogens (tertiary/aromatic N) is 3. The highest BCUT2D eigenvalue weighted by atomic mass is 35.5. The van der Waals surface area contributed by atoms with E-state index in [0.717, 1.165) is 64.8 Å². The lowest BCUT2D eigenvalue weighted by Gasteiger charge is -2.34. The van der Waals surface area contributed by atoms with E-state index in [2.05, 4.69) is 21.2 Å². The summed E-state index contributed by atoms with van der Waals surface area (Å²) in [6.07, 6.45) is 0. The van der Waals surface area contributed by atoms with Crippen molar-refractivity contribution >= 4 is 44.2 Å². The zero-order valence-electron chi connectivity index (χ0n) is 16.7. The van der Waals surface area contributed by atoms with Gasteiger partial charge in [-0.05, 0) is 37.6 Å². The van der Waals surface area contributed by atoms with Crippen LogP contribution < -0.4 is 10.2 Å². The van der Waals surface area contributed by atoms with Crippen LogP contribution >= 0.6 is 22.9 Å². The zero-order valence-corrected chi connectivity index (χ0v) is 18.3. The van der Waals surface area contributed by atoms with Crippen molar-refractivity contribution < 1.29 is 4.79 Å². The summed E-state index contributed by atoms with van der Waals surface area (Å²) in [6, 6.07) is 11.9. The molecule has 152 valence electrons. The molecule has 2 heterocycles. The SMILES string of the molecule is Cc1ccc(C)c(C(=O)NCCN2CCN(c3nc4c(Cl)cccc4s3)CC2)c1. The Balaban J connectivity index is 1.27. The molecule has 0 spiro atoms. The molecule has 1 fully saturated rings. The minimum Gasteiger partial charge on any atom is -0.351 e. The molecule has 0 bridgehead atoms. The molecular weight excluding hydrogens is 404 g/mol. The molecule has 29 heavy (non-hydrogen) atoms. The Morgan fingerprint density at radius 3 is 2.72 bits per heavy atom. The van der Waals surface area contributed by atoms with Crippen LogP contribution in [-0.4, -0.2) is 55.1 Å². The van der Waals surface area contributed by atoms with Gasteiger partial charge in [0.05, 0.1) is 9.72 Å². The van der Waals surface area contributed by atoms with Crippen LogP contribution in [0.4, 0.5) is 5.13 Å². The highest BCUT2D eigenvalue weighted by molar-refractivity contribution is 7.22. The van der Waals surface area contributed by atoms with E-state index in [4.69, 9.17) is 16.6 Å². The first-order valence-electron chi connectivity index (χ1n) is 9.89. The lowest BCUT2D eigenvalue weighted by Crippen LogP contribution is -2.48. The fraction of sp³-hybridized carbons (Fsp3) is 0.364. The summed E-state index contributed by atoms with van der Waals surface area (Å²) in [5.41, 5.74) is 3.78. The number of anilines is 1. The molecular formula is C22H25ClN4OS. The van der Waals surface area contributed by atoms with Crippen molar-refractivity contribution in [3.63, 3.8) is 0 Å². The van der Waals surface area contributed by atoms with Gasteiger partial charge in [0, 0.05) is 44.8 Å². The predicted octanol–water partition coefficient (Wildman–Crippen LogP) is 4.12. The van der Waals surface area contributed by atoms with E-state index in [1.54, 1.807) is 11.3 Å². The van der Waals surface area contributed by atoms with Gasteiger partial charge < -0.3 is 10.2 Å². The third kappa shape index (κ3) is 4.55. The van der Waals surface area contributed by atoms with Crippen LogP contribution in [0.3, 0.4) is 0 Å². The number of aromatic nitrogens is 1. The maximum Gasteiger partial charge on any atom is 0.251 e. The van der Waals surface area contributed by atoms with Crippen LogP contribution in [0.15, 0.2) is 36.4 Å². The predicted molar refractivity (Wildman–Crippen MR) is 122 cm³/mol. The van der Waals surface area contributed by atoms with Crippen LogP contribution in [0.5, 0.6) is 0 Å². The minimum absolute atomic E-state index is 0.0104. The Kier molecular flexibility index (Phi) is 6.04. The molecule has 0 aliphatic carbocycles. The number of para-hydroxylation sites is 1. The van der Waals surface area contributed by atoms with E-state index < -0.39 is 0 Å². The van der Waals surface area contributed by atoms with Crippen LogP contribution in [-0.2, 0) is 0 Å². The molecule has 1 saturated heterocycles. The summed E-state index contributed by atoms with van der Waals surface area (Å²) in [5.74, 6) is 0.0104. The number of thiazole rings is 1. The fourth-order valence-corrected chi connectivity index (χ4v) is 4.92. The van der Waals surface area contributed by atoms with E-state index >= 15 is 0 Å². The highest BCUT2D eigenvalue weighted by Crippen LogP contribution is 2.33. The second-order valence-corrected chi connectivity index (χ2v) is 8.90. The Morgan fingerprint density at radius 2 is 1.97 bits per heavy atom. The average Bonchev–Trinajstić information content (AvgIpc) is 3.16. The lowest BCUT2D eigenvalue weighted by molar-refractivity contribution is 0.0947. The molecule has 4 rings (SSSR count). The van der Waals surface area contributed by atoms with Gasteiger partial charge in [-0.3, -0.25) is 9.69 Å². The summed E-state index contributed by atoms with van der Waals surface area (Å²) in [5, 5.41) is 4.81. The van der Waals surface area contributed by atoms with Crippen molar-refractivity contribution in [3.8, 4) is 0 Å². The van der Waals surface area contributed by atoms with E-state index in [1.807, 2.05) is 44.2 Å². The summed E-state index contributed by atoms with van der Waals surface area (Å²) in [6.45, 7) is 9.29. The summed E-state index contributed by atoms with van der Waals surface area (Å²) in [7, 11) is 0. The first-order valence-corrected chi connectivity index (χ1v) is 11.1. The second kappa shape index (κ2) is 8.69. The van der Waals surface area contributed by atoms with Gasteiger partial charge in [0.1, 0.15) is 5.52 Å². The maximum absolute atomic E-state index is 12.5. The molecule has 1 amide bonds. The normalized spacial score (nSPS) is 15.1. The highest BCUT2D eigenvalue weighted by Gasteiger charge is 2.20. The van der Waals surface area contributed by atoms with Crippen LogP contribution in [0.25, 0.3) is 10.2 Å². The van der Waals surface area contributed by atoms with Crippen LogP contribution in [0.1, 0.15) is 21.5 Å². The first kappa shape index (κ1) is 20.1. The van der Waals surface area contributed by atoms with Gasteiger partial charge in [-0.1, -0.05) is 46.7 Å². The molecule has 1 N–H and O–H groups in total. The Bertz CT molecular complexity index is 1030. The molecule has 0 saturated carbocycles. The van der Waals surface area contributed by atoms with E-state index in [9.17, 15) is 4.79 Å². The van der Waals surface area contributed by atoms with Gasteiger partial charge in [-0.25, -0.2) is 4.98 Å². The number of fused-ring (bicyclic) bond motifs is 1. The standard InChI is InChI=1S/C22H25ClN4OS/c1-15-6-7-16(2)17(14-15)21(28)24-8-9-26-10-12-27(13-11-26)22-25-20-18(23)4-3-5-19(20)29-22/h3-7,14H,8-13H2,1-2H3,(H,24,28). The van der Waals surface area contributed by atoms with Crippen LogP contribution in [0, 0.1) is 13.8 Å². The number of rotatable bonds is 5. The van der Waals surface area contributed by atoms with Crippen LogP contribution in [0.2, 0.25) is 5.02 Å². The monoisotopic (exact) mass is 428 g/mol. The molecule has 3 aromatic rings. The third-order valence-electron chi connectivity index (χ3n) is 5.35. The summed E-state index contributed by atoms with van der Waals surface area (Å²) >= 11 is 7.96. The van der Waals surface area contributed by atoms with Crippen molar-refractivity contribution in [1.29, 1.82) is 0 Å². The third-order valence-corrected chi connectivity index (χ3v) is 6.74. The summed E-state index contributed by atoms with van der Waals surface area (Å²) in [4.78, 5) is 21.9. The number of benzene rings is 2. The van der Waals surface area contributed by atoms with Crippen molar-refractivity contribution in [2.75, 3.05) is 44.2 Å². The molecule has 5 nitrogen and oxygen atoms in total. The number of aryl methyl sites for hydroxylation is 2. The van der Waals surface area contributed by atoms with Gasteiger partial charge in [0.15, 0.2) is 5.13 Å². The Morgan fingerprint density at radius 1 is 1.17 bits per heavy atom. The van der Waals surface area contributed by atoms with Crippen molar-refractivity contribution in [1.82, 2.24) is 15.2 Å². The first-order chi connectivity index (χ1) is 14.0. The van der Waals surface area contributed by atoms with Gasteiger partial charge in [0.2, 0.25) is 0 Å². The van der Waals surface area contributed by atoms with E-state index in [-0.39, 0.29) is 5.91 Å². The van der Waals surface area contributed by atoms with E-state index in [0.29, 0.717) is 11.6 Å². The fourth-order valence-electron chi connectivity index (χ4n) is 3.60. The molecule has 1 aliphatic heterocycles. The smallest absolute Gasteiger partial charge is 0.251 e. The number of hydrogen-bond acceptors (Lipinski definition) is 5. The molecule has 2 aromatic carbocycles. The number of piperazine rings is 1. The van der Waals surface area contributed by atoms with Gasteiger partial charge in [-0.15, -0.1) is 0 Å². The maximum atomic E-state index is 12.5. The number of carbonyl (C=O) groups excluding carboxylic acids is 1. The van der Waals surface area contributed by atoms with Gasteiger partial charge >= 0.3 is 0 Å². The topological polar surface area (TPSA) is 48.5 Å². The number of hydrogen-bond donors (Lipinski definition) is 1. The van der Waals surface area contributed by atoms with Crippen molar-refractivity contribution in [2.45, 2.75) is 13.8 Å². The molecule has 1 aromatic heterocycles. The Hall–Kier alpha value is -2.15. The minimum atomic E-state index is 0.0104. The molecule has 0 atom stereocenters. The van der Waals surface area contributed by atoms with Gasteiger partial charge in [0.25, 0.3) is 5.91 Å². The summed E-state index contributed by atoms with van der Waals surface area (Å²) < 4.78 is 1.13. The molecule has 0 unspecified atom stereocenters.